The molecule has 0 radical (unpaired) electrons. The lowest BCUT2D eigenvalue weighted by atomic mass is 10.2. The summed E-state index contributed by atoms with van der Waals surface area (Å²) >= 11 is 6.68. The fourth-order valence-electron chi connectivity index (χ4n) is 1.86. The van der Waals surface area contributed by atoms with Crippen molar-refractivity contribution in [2.45, 2.75) is 18.0 Å². The molecule has 0 spiro atoms. The molecule has 0 aliphatic rings. The van der Waals surface area contributed by atoms with Crippen LogP contribution in [-0.4, -0.2) is 16.2 Å². The third-order valence-corrected chi connectivity index (χ3v) is 4.05. The Bertz CT molecular complexity index is 800. The number of nitro groups is 1. The van der Waals surface area contributed by atoms with Crippen LogP contribution in [0, 0.1) is 17.0 Å². The SMILES string of the molecule is CSc1cc([N+](=O)[O-])c(C)nc1Oc1ccc(Cl)c(C(F)(F)F)c1. The number of hydrogen-bond donors (Lipinski definition) is 0. The summed E-state index contributed by atoms with van der Waals surface area (Å²) in [6.07, 6.45) is -2.98. The normalized spacial score (nSPS) is 11.4. The summed E-state index contributed by atoms with van der Waals surface area (Å²) in [4.78, 5) is 14.6. The van der Waals surface area contributed by atoms with Gasteiger partial charge in [-0.3, -0.25) is 10.1 Å². The van der Waals surface area contributed by atoms with Crippen LogP contribution in [0.15, 0.2) is 29.2 Å². The van der Waals surface area contributed by atoms with E-state index >= 15 is 0 Å². The Hall–Kier alpha value is -2.00. The lowest BCUT2D eigenvalue weighted by Gasteiger charge is -2.13. The average Bonchev–Trinajstić information content (AvgIpc) is 2.48. The zero-order chi connectivity index (χ0) is 18.1. The van der Waals surface area contributed by atoms with Crippen molar-refractivity contribution >= 4 is 29.1 Å². The molecule has 24 heavy (non-hydrogen) atoms. The molecular weight excluding hydrogens is 369 g/mol. The van der Waals surface area contributed by atoms with E-state index in [2.05, 4.69) is 4.98 Å². The van der Waals surface area contributed by atoms with Gasteiger partial charge >= 0.3 is 6.18 Å². The predicted octanol–water partition coefficient (Wildman–Crippen LogP) is 5.48. The number of hydrogen-bond acceptors (Lipinski definition) is 5. The maximum Gasteiger partial charge on any atom is 0.417 e. The Morgan fingerprint density at radius 3 is 2.54 bits per heavy atom. The molecule has 2 aromatic rings. The van der Waals surface area contributed by atoms with Gasteiger partial charge in [-0.05, 0) is 31.4 Å². The molecule has 0 saturated carbocycles. The molecule has 0 unspecified atom stereocenters. The molecule has 0 bridgehead atoms. The third kappa shape index (κ3) is 3.90. The fraction of sp³-hybridized carbons (Fsp3) is 0.214. The number of ether oxygens (including phenoxy) is 1. The molecule has 0 fully saturated rings. The van der Waals surface area contributed by atoms with Crippen molar-refractivity contribution in [2.75, 3.05) is 6.26 Å². The minimum absolute atomic E-state index is 0.0129. The molecule has 0 aliphatic heterocycles. The molecule has 1 heterocycles. The van der Waals surface area contributed by atoms with Crippen LogP contribution in [0.25, 0.3) is 0 Å². The summed E-state index contributed by atoms with van der Waals surface area (Å²) in [5.41, 5.74) is -1.14. The van der Waals surface area contributed by atoms with Gasteiger partial charge < -0.3 is 4.74 Å². The topological polar surface area (TPSA) is 65.3 Å². The molecule has 0 N–H and O–H groups in total. The number of nitrogens with zero attached hydrogens (tertiary/aromatic N) is 2. The minimum atomic E-state index is -4.63. The summed E-state index contributed by atoms with van der Waals surface area (Å²) in [7, 11) is 0. The minimum Gasteiger partial charge on any atom is -0.438 e. The van der Waals surface area contributed by atoms with Crippen LogP contribution in [0.1, 0.15) is 11.3 Å². The van der Waals surface area contributed by atoms with Crippen molar-refractivity contribution in [2.24, 2.45) is 0 Å². The van der Waals surface area contributed by atoms with Crippen molar-refractivity contribution in [3.05, 3.63) is 50.7 Å². The van der Waals surface area contributed by atoms with Gasteiger partial charge in [0.25, 0.3) is 5.69 Å². The van der Waals surface area contributed by atoms with E-state index in [0.29, 0.717) is 4.90 Å². The maximum atomic E-state index is 12.9. The number of benzene rings is 1. The van der Waals surface area contributed by atoms with E-state index in [1.165, 1.54) is 19.1 Å². The van der Waals surface area contributed by atoms with Crippen LogP contribution >= 0.6 is 23.4 Å². The molecule has 2 rings (SSSR count). The molecule has 1 aromatic heterocycles. The maximum absolute atomic E-state index is 12.9. The Kier molecular flexibility index (Phi) is 5.24. The predicted molar refractivity (Wildman–Crippen MR) is 83.9 cm³/mol. The van der Waals surface area contributed by atoms with Crippen LogP contribution in [0.3, 0.4) is 0 Å². The van der Waals surface area contributed by atoms with Crippen molar-refractivity contribution in [3.8, 4) is 11.6 Å². The molecule has 1 aromatic carbocycles. The van der Waals surface area contributed by atoms with E-state index in [0.717, 1.165) is 23.9 Å². The van der Waals surface area contributed by atoms with Gasteiger partial charge in [0.15, 0.2) is 0 Å². The van der Waals surface area contributed by atoms with Gasteiger partial charge in [-0.15, -0.1) is 11.8 Å². The van der Waals surface area contributed by atoms with E-state index in [9.17, 15) is 23.3 Å². The van der Waals surface area contributed by atoms with Gasteiger partial charge in [-0.25, -0.2) is 4.98 Å². The highest BCUT2D eigenvalue weighted by molar-refractivity contribution is 7.98. The first kappa shape index (κ1) is 18.3. The second-order valence-electron chi connectivity index (χ2n) is 4.60. The van der Waals surface area contributed by atoms with Gasteiger partial charge in [0.2, 0.25) is 5.88 Å². The van der Waals surface area contributed by atoms with Crippen molar-refractivity contribution in [3.63, 3.8) is 0 Å². The highest BCUT2D eigenvalue weighted by Gasteiger charge is 2.33. The van der Waals surface area contributed by atoms with Crippen LogP contribution in [0.5, 0.6) is 11.6 Å². The Morgan fingerprint density at radius 2 is 2.00 bits per heavy atom. The van der Waals surface area contributed by atoms with Crippen LogP contribution in [-0.2, 0) is 6.18 Å². The first-order chi connectivity index (χ1) is 11.1. The van der Waals surface area contributed by atoms with Gasteiger partial charge in [0, 0.05) is 6.07 Å². The van der Waals surface area contributed by atoms with E-state index < -0.39 is 21.7 Å². The lowest BCUT2D eigenvalue weighted by molar-refractivity contribution is -0.386. The fourth-order valence-corrected chi connectivity index (χ4v) is 2.57. The molecule has 0 saturated heterocycles. The van der Waals surface area contributed by atoms with Gasteiger partial charge in [-0.2, -0.15) is 13.2 Å². The molecule has 0 amide bonds. The smallest absolute Gasteiger partial charge is 0.417 e. The summed E-state index contributed by atoms with van der Waals surface area (Å²) in [5.74, 6) is -0.135. The molecular formula is C14H10ClF3N2O3S. The third-order valence-electron chi connectivity index (χ3n) is 2.99. The lowest BCUT2D eigenvalue weighted by Crippen LogP contribution is -2.06. The van der Waals surface area contributed by atoms with Gasteiger partial charge in [0.05, 0.1) is 20.4 Å². The highest BCUT2D eigenvalue weighted by Crippen LogP contribution is 2.39. The summed E-state index contributed by atoms with van der Waals surface area (Å²) in [6, 6.07) is 4.35. The number of thioether (sulfide) groups is 1. The molecule has 10 heteroatoms. The van der Waals surface area contributed by atoms with Gasteiger partial charge in [-0.1, -0.05) is 11.6 Å². The number of halogens is 4. The standard InChI is InChI=1S/C14H10ClF3N2O3S/c1-7-11(20(21)22)6-12(24-2)13(19-7)23-8-3-4-10(15)9(5-8)14(16,17)18/h3-6H,1-2H3. The Morgan fingerprint density at radius 1 is 1.33 bits per heavy atom. The second kappa shape index (κ2) is 6.86. The zero-order valence-corrected chi connectivity index (χ0v) is 13.9. The number of rotatable bonds is 4. The second-order valence-corrected chi connectivity index (χ2v) is 5.85. The molecule has 5 nitrogen and oxygen atoms in total. The largest absolute Gasteiger partial charge is 0.438 e. The zero-order valence-electron chi connectivity index (χ0n) is 12.3. The monoisotopic (exact) mass is 378 g/mol. The molecule has 0 atom stereocenters. The molecule has 128 valence electrons. The first-order valence-electron chi connectivity index (χ1n) is 6.38. The van der Waals surface area contributed by atoms with Crippen LogP contribution < -0.4 is 4.74 Å². The van der Waals surface area contributed by atoms with Crippen molar-refractivity contribution in [1.82, 2.24) is 4.98 Å². The number of aryl methyl sites for hydroxylation is 1. The van der Waals surface area contributed by atoms with E-state index in [4.69, 9.17) is 16.3 Å². The van der Waals surface area contributed by atoms with E-state index in [1.807, 2.05) is 0 Å². The number of aromatic nitrogens is 1. The Balaban J connectivity index is 2.45. The van der Waals surface area contributed by atoms with Crippen LogP contribution in [0.2, 0.25) is 5.02 Å². The molecule has 0 aliphatic carbocycles. The highest BCUT2D eigenvalue weighted by atomic mass is 35.5. The number of pyridine rings is 1. The summed E-state index contributed by atoms with van der Waals surface area (Å²) in [6.45, 7) is 1.41. The van der Waals surface area contributed by atoms with E-state index in [-0.39, 0.29) is 23.0 Å². The quantitative estimate of drug-likeness (QED) is 0.400. The van der Waals surface area contributed by atoms with Crippen molar-refractivity contribution < 1.29 is 22.8 Å². The van der Waals surface area contributed by atoms with E-state index in [1.54, 1.807) is 6.26 Å². The summed E-state index contributed by atoms with van der Waals surface area (Å²) < 4.78 is 44.0. The number of alkyl halides is 3. The first-order valence-corrected chi connectivity index (χ1v) is 7.98. The van der Waals surface area contributed by atoms with Crippen molar-refractivity contribution in [1.29, 1.82) is 0 Å². The Labute approximate surface area is 143 Å². The van der Waals surface area contributed by atoms with Crippen LogP contribution in [0.4, 0.5) is 18.9 Å². The average molecular weight is 379 g/mol. The summed E-state index contributed by atoms with van der Waals surface area (Å²) in [5, 5.41) is 10.5. The van der Waals surface area contributed by atoms with Gasteiger partial charge in [0.1, 0.15) is 11.4 Å².